The fourth-order valence-corrected chi connectivity index (χ4v) is 4.45. The van der Waals surface area contributed by atoms with Crippen molar-refractivity contribution in [2.24, 2.45) is 11.1 Å². The highest BCUT2D eigenvalue weighted by atomic mass is 32.2. The Hall–Kier alpha value is -0.0600. The van der Waals surface area contributed by atoms with Gasteiger partial charge in [-0.3, -0.25) is 0 Å². The number of hydrogen-bond donors (Lipinski definition) is 1. The van der Waals surface area contributed by atoms with Crippen LogP contribution in [0.1, 0.15) is 55.2 Å². The third-order valence-electron chi connectivity index (χ3n) is 3.10. The first-order valence-corrected chi connectivity index (χ1v) is 8.31. The van der Waals surface area contributed by atoms with Crippen LogP contribution in [0.4, 0.5) is 0 Å². The summed E-state index contributed by atoms with van der Waals surface area (Å²) < 4.78 is 0. The molecule has 2 rings (SSSR count). The third kappa shape index (κ3) is 3.24. The van der Waals surface area contributed by atoms with Crippen LogP contribution in [0.5, 0.6) is 0 Å². The molecule has 1 heterocycles. The molecule has 0 saturated heterocycles. The molecule has 1 aromatic rings. The van der Waals surface area contributed by atoms with Gasteiger partial charge in [-0.1, -0.05) is 20.8 Å². The molecule has 0 aromatic carbocycles. The third-order valence-corrected chi connectivity index (χ3v) is 5.69. The lowest BCUT2D eigenvalue weighted by atomic mass is 9.77. The average Bonchev–Trinajstić information content (AvgIpc) is 2.59. The second kappa shape index (κ2) is 5.29. The lowest BCUT2D eigenvalue weighted by molar-refractivity contribution is 0.282. The maximum Gasteiger partial charge on any atom is 0.103 e. The van der Waals surface area contributed by atoms with E-state index in [9.17, 15) is 0 Å². The quantitative estimate of drug-likeness (QED) is 0.847. The van der Waals surface area contributed by atoms with Crippen molar-refractivity contribution in [2.75, 3.05) is 5.75 Å². The van der Waals surface area contributed by atoms with Crippen molar-refractivity contribution >= 4 is 23.1 Å². The first-order valence-electron chi connectivity index (χ1n) is 6.33. The predicted octanol–water partition coefficient (Wildman–Crippen LogP) is 3.76. The van der Waals surface area contributed by atoms with Crippen molar-refractivity contribution in [3.63, 3.8) is 0 Å². The second-order valence-electron chi connectivity index (χ2n) is 5.62. The predicted molar refractivity (Wildman–Crippen MR) is 77.6 cm³/mol. The maximum atomic E-state index is 6.25. The van der Waals surface area contributed by atoms with Crippen LogP contribution in [-0.2, 0) is 12.2 Å². The minimum Gasteiger partial charge on any atom is -0.323 e. The summed E-state index contributed by atoms with van der Waals surface area (Å²) in [4.78, 5) is 6.13. The van der Waals surface area contributed by atoms with E-state index in [0.717, 1.165) is 18.6 Å². The van der Waals surface area contributed by atoms with Crippen molar-refractivity contribution in [1.82, 2.24) is 4.98 Å². The van der Waals surface area contributed by atoms with Gasteiger partial charge < -0.3 is 5.73 Å². The molecule has 4 heteroatoms. The van der Waals surface area contributed by atoms with E-state index < -0.39 is 0 Å². The minimum atomic E-state index is 0.205. The topological polar surface area (TPSA) is 38.9 Å². The van der Waals surface area contributed by atoms with E-state index in [1.54, 1.807) is 0 Å². The zero-order valence-corrected chi connectivity index (χ0v) is 12.6. The lowest BCUT2D eigenvalue weighted by Gasteiger charge is -2.32. The Morgan fingerprint density at radius 2 is 2.29 bits per heavy atom. The molecular formula is C13H22N2S2. The zero-order chi connectivity index (χ0) is 12.5. The summed E-state index contributed by atoms with van der Waals surface area (Å²) in [6, 6.07) is 0.205. The molecule has 2 N–H and O–H groups in total. The second-order valence-corrected chi connectivity index (χ2v) is 7.84. The highest BCUT2D eigenvalue weighted by molar-refractivity contribution is 7.98. The molecule has 1 unspecified atom stereocenters. The van der Waals surface area contributed by atoms with Crippen LogP contribution in [0.15, 0.2) is 0 Å². The van der Waals surface area contributed by atoms with E-state index in [1.165, 1.54) is 27.8 Å². The minimum absolute atomic E-state index is 0.205. The summed E-state index contributed by atoms with van der Waals surface area (Å²) in [5, 5.41) is 1.27. The Morgan fingerprint density at radius 3 is 3.00 bits per heavy atom. The molecular weight excluding hydrogens is 248 g/mol. The van der Waals surface area contributed by atoms with Crippen molar-refractivity contribution in [3.05, 3.63) is 15.6 Å². The summed E-state index contributed by atoms with van der Waals surface area (Å²) in [6.45, 7) is 6.81. The van der Waals surface area contributed by atoms with Gasteiger partial charge in [0.05, 0.1) is 5.69 Å². The number of thioether (sulfide) groups is 1. The Labute approximate surface area is 112 Å². The summed E-state index contributed by atoms with van der Waals surface area (Å²) in [5.41, 5.74) is 7.84. The lowest BCUT2D eigenvalue weighted by Crippen LogP contribution is -2.28. The van der Waals surface area contributed by atoms with Crippen LogP contribution in [0.25, 0.3) is 0 Å². The van der Waals surface area contributed by atoms with Gasteiger partial charge in [-0.05, 0) is 30.4 Å². The zero-order valence-electron chi connectivity index (χ0n) is 11.0. The Kier molecular flexibility index (Phi) is 4.16. The van der Waals surface area contributed by atoms with E-state index in [-0.39, 0.29) is 6.04 Å². The monoisotopic (exact) mass is 270 g/mol. The van der Waals surface area contributed by atoms with Gasteiger partial charge in [-0.2, -0.15) is 11.8 Å². The molecule has 17 heavy (non-hydrogen) atoms. The number of aromatic nitrogens is 1. The molecule has 0 spiro atoms. The Balaban J connectivity index is 2.10. The van der Waals surface area contributed by atoms with Crippen LogP contribution in [0.3, 0.4) is 0 Å². The van der Waals surface area contributed by atoms with Crippen LogP contribution in [0, 0.1) is 5.41 Å². The van der Waals surface area contributed by atoms with Crippen molar-refractivity contribution < 1.29 is 0 Å². The molecule has 0 amide bonds. The average molecular weight is 270 g/mol. The highest BCUT2D eigenvalue weighted by Gasteiger charge is 2.32. The van der Waals surface area contributed by atoms with E-state index >= 15 is 0 Å². The fraction of sp³-hybridized carbons (Fsp3) is 0.769. The number of nitrogens with zero attached hydrogens (tertiary/aromatic N) is 1. The first kappa shape index (κ1) is 13.4. The number of hydrogen-bond acceptors (Lipinski definition) is 4. The van der Waals surface area contributed by atoms with Gasteiger partial charge in [-0.25, -0.2) is 4.98 Å². The van der Waals surface area contributed by atoms with Gasteiger partial charge in [0.2, 0.25) is 0 Å². The van der Waals surface area contributed by atoms with Crippen LogP contribution < -0.4 is 5.73 Å². The molecule has 1 aromatic heterocycles. The van der Waals surface area contributed by atoms with Crippen LogP contribution in [0.2, 0.25) is 0 Å². The largest absolute Gasteiger partial charge is 0.323 e. The van der Waals surface area contributed by atoms with Crippen molar-refractivity contribution in [3.8, 4) is 0 Å². The number of rotatable bonds is 4. The summed E-state index contributed by atoms with van der Waals surface area (Å²) >= 11 is 3.82. The molecule has 0 fully saturated rings. The van der Waals surface area contributed by atoms with E-state index in [1.807, 2.05) is 23.1 Å². The van der Waals surface area contributed by atoms with Gasteiger partial charge in [0.25, 0.3) is 0 Å². The number of nitrogens with two attached hydrogens (primary N) is 1. The van der Waals surface area contributed by atoms with Gasteiger partial charge in [0, 0.05) is 16.7 Å². The fourth-order valence-electron chi connectivity index (χ4n) is 2.41. The van der Waals surface area contributed by atoms with Crippen LogP contribution >= 0.6 is 23.1 Å². The molecule has 1 atom stereocenters. The number of thiazole rings is 1. The van der Waals surface area contributed by atoms with E-state index in [2.05, 4.69) is 20.8 Å². The van der Waals surface area contributed by atoms with Crippen molar-refractivity contribution in [1.29, 1.82) is 0 Å². The number of fused-ring (bicyclic) bond motifs is 1. The van der Waals surface area contributed by atoms with Gasteiger partial charge in [0.15, 0.2) is 0 Å². The Morgan fingerprint density at radius 1 is 1.53 bits per heavy atom. The maximum absolute atomic E-state index is 6.25. The van der Waals surface area contributed by atoms with E-state index in [0.29, 0.717) is 5.41 Å². The van der Waals surface area contributed by atoms with E-state index in [4.69, 9.17) is 10.7 Å². The molecule has 0 bridgehead atoms. The Bertz CT molecular complexity index is 385. The molecule has 96 valence electrons. The highest BCUT2D eigenvalue weighted by Crippen LogP contribution is 2.42. The molecule has 0 aliphatic heterocycles. The smallest absolute Gasteiger partial charge is 0.103 e. The summed E-state index contributed by atoms with van der Waals surface area (Å²) in [5.74, 6) is 2.28. The first-order chi connectivity index (χ1) is 8.02. The molecule has 1 aliphatic rings. The molecule has 0 radical (unpaired) electrons. The van der Waals surface area contributed by atoms with Crippen LogP contribution in [-0.4, -0.2) is 10.7 Å². The van der Waals surface area contributed by atoms with Crippen molar-refractivity contribution in [2.45, 2.75) is 51.8 Å². The normalized spacial score (nSPS) is 22.5. The van der Waals surface area contributed by atoms with Gasteiger partial charge in [0.1, 0.15) is 5.01 Å². The molecule has 0 saturated carbocycles. The summed E-state index contributed by atoms with van der Waals surface area (Å²) in [6.07, 6.45) is 3.41. The summed E-state index contributed by atoms with van der Waals surface area (Å²) in [7, 11) is 0. The molecule has 1 aliphatic carbocycles. The molecule has 2 nitrogen and oxygen atoms in total. The SMILES string of the molecule is CCCSCc1nc2c(s1)C(N)CC(C)(C)C2. The van der Waals surface area contributed by atoms with Gasteiger partial charge >= 0.3 is 0 Å². The van der Waals surface area contributed by atoms with Gasteiger partial charge in [-0.15, -0.1) is 11.3 Å². The standard InChI is InChI=1S/C13H22N2S2/c1-4-5-16-8-11-15-10-7-13(2,3)6-9(14)12(10)17-11/h9H,4-8,14H2,1-3H3.